The van der Waals surface area contributed by atoms with E-state index in [1.807, 2.05) is 24.5 Å². The first-order valence-corrected chi connectivity index (χ1v) is 8.27. The maximum absolute atomic E-state index is 5.87. The third-order valence-electron chi connectivity index (χ3n) is 3.12. The maximum atomic E-state index is 5.87. The van der Waals surface area contributed by atoms with E-state index in [1.54, 1.807) is 0 Å². The van der Waals surface area contributed by atoms with Crippen LogP contribution in [0.3, 0.4) is 0 Å². The first-order valence-electron chi connectivity index (χ1n) is 7.04. The molecule has 0 unspecified atom stereocenters. The molecule has 0 spiro atoms. The van der Waals surface area contributed by atoms with Crippen molar-refractivity contribution in [3.63, 3.8) is 0 Å². The summed E-state index contributed by atoms with van der Waals surface area (Å²) in [5.74, 6) is 2.16. The molecule has 1 heterocycles. The monoisotopic (exact) mass is 303 g/mol. The van der Waals surface area contributed by atoms with E-state index in [-0.39, 0.29) is 0 Å². The predicted octanol–water partition coefficient (Wildman–Crippen LogP) is 4.43. The van der Waals surface area contributed by atoms with Gasteiger partial charge in [-0.1, -0.05) is 24.8 Å². The van der Waals surface area contributed by atoms with E-state index < -0.39 is 0 Å². The van der Waals surface area contributed by atoms with Crippen LogP contribution in [0.15, 0.2) is 29.4 Å². The zero-order chi connectivity index (χ0) is 15.2. The van der Waals surface area contributed by atoms with Crippen molar-refractivity contribution in [2.45, 2.75) is 32.3 Å². The van der Waals surface area contributed by atoms with Gasteiger partial charge in [0.2, 0.25) is 5.88 Å². The van der Waals surface area contributed by atoms with Gasteiger partial charge in [0.25, 0.3) is 0 Å². The molecule has 0 aliphatic rings. The Kier molecular flexibility index (Phi) is 5.44. The van der Waals surface area contributed by atoms with Crippen molar-refractivity contribution in [3.05, 3.63) is 35.4 Å². The number of anilines is 1. The standard InChI is InChI=1S/C16H21N3OS/c1-5-8-17-14-10-15(19-16(18-14)21-4)20-13-7-6-11(2)12(3)9-13/h6-7,9-10H,5,8H2,1-4H3,(H,17,18,19). The van der Waals surface area contributed by atoms with Gasteiger partial charge in [-0.2, -0.15) is 4.98 Å². The minimum absolute atomic E-state index is 0.566. The summed E-state index contributed by atoms with van der Waals surface area (Å²) in [6.45, 7) is 7.16. The molecule has 1 N–H and O–H groups in total. The molecule has 0 saturated carbocycles. The van der Waals surface area contributed by atoms with Gasteiger partial charge in [0.1, 0.15) is 11.6 Å². The van der Waals surface area contributed by atoms with Gasteiger partial charge in [-0.05, 0) is 49.8 Å². The van der Waals surface area contributed by atoms with Gasteiger partial charge in [0.05, 0.1) is 0 Å². The fraction of sp³-hybridized carbons (Fsp3) is 0.375. The molecule has 0 fully saturated rings. The third kappa shape index (κ3) is 4.36. The molecule has 4 nitrogen and oxygen atoms in total. The summed E-state index contributed by atoms with van der Waals surface area (Å²) < 4.78 is 5.87. The minimum atomic E-state index is 0.566. The molecule has 0 aliphatic carbocycles. The highest BCUT2D eigenvalue weighted by atomic mass is 32.2. The van der Waals surface area contributed by atoms with Crippen LogP contribution in [0.2, 0.25) is 0 Å². The van der Waals surface area contributed by atoms with E-state index >= 15 is 0 Å². The van der Waals surface area contributed by atoms with E-state index in [0.29, 0.717) is 11.0 Å². The smallest absolute Gasteiger partial charge is 0.225 e. The predicted molar refractivity (Wildman–Crippen MR) is 88.6 cm³/mol. The summed E-state index contributed by atoms with van der Waals surface area (Å²) in [4.78, 5) is 8.82. The number of ether oxygens (including phenoxy) is 1. The average molecular weight is 303 g/mol. The molecular weight excluding hydrogens is 282 g/mol. The Balaban J connectivity index is 2.23. The number of aryl methyl sites for hydroxylation is 2. The number of hydrogen-bond acceptors (Lipinski definition) is 5. The first-order chi connectivity index (χ1) is 10.1. The van der Waals surface area contributed by atoms with Gasteiger partial charge >= 0.3 is 0 Å². The summed E-state index contributed by atoms with van der Waals surface area (Å²) in [6, 6.07) is 7.87. The number of benzene rings is 1. The fourth-order valence-corrected chi connectivity index (χ4v) is 2.16. The number of nitrogens with one attached hydrogen (secondary N) is 1. The Bertz CT molecular complexity index is 616. The van der Waals surface area contributed by atoms with E-state index in [9.17, 15) is 0 Å². The number of rotatable bonds is 6. The molecule has 112 valence electrons. The zero-order valence-corrected chi connectivity index (χ0v) is 13.8. The summed E-state index contributed by atoms with van der Waals surface area (Å²) in [7, 11) is 0. The number of aromatic nitrogens is 2. The van der Waals surface area contributed by atoms with Gasteiger partial charge < -0.3 is 10.1 Å². The molecule has 0 radical (unpaired) electrons. The molecule has 2 rings (SSSR count). The van der Waals surface area contributed by atoms with E-state index in [2.05, 4.69) is 42.1 Å². The van der Waals surface area contributed by atoms with Crippen LogP contribution in [0.25, 0.3) is 0 Å². The van der Waals surface area contributed by atoms with Gasteiger partial charge in [-0.3, -0.25) is 0 Å². The van der Waals surface area contributed by atoms with E-state index in [1.165, 1.54) is 22.9 Å². The number of thioether (sulfide) groups is 1. The van der Waals surface area contributed by atoms with Crippen LogP contribution in [0.1, 0.15) is 24.5 Å². The Morgan fingerprint density at radius 3 is 2.62 bits per heavy atom. The average Bonchev–Trinajstić information content (AvgIpc) is 2.48. The van der Waals surface area contributed by atoms with Crippen molar-refractivity contribution in [2.24, 2.45) is 0 Å². The summed E-state index contributed by atoms with van der Waals surface area (Å²) in [6.07, 6.45) is 3.00. The molecule has 1 aromatic carbocycles. The van der Waals surface area contributed by atoms with Crippen molar-refractivity contribution >= 4 is 17.6 Å². The Hall–Kier alpha value is -1.75. The lowest BCUT2D eigenvalue weighted by Gasteiger charge is -2.10. The van der Waals surface area contributed by atoms with Crippen LogP contribution in [0.4, 0.5) is 5.82 Å². The Labute approximate surface area is 130 Å². The second-order valence-corrected chi connectivity index (χ2v) is 5.63. The molecule has 2 aromatic rings. The summed E-state index contributed by atoms with van der Waals surface area (Å²) >= 11 is 1.50. The minimum Gasteiger partial charge on any atom is -0.439 e. The van der Waals surface area contributed by atoms with Crippen molar-refractivity contribution in [3.8, 4) is 11.6 Å². The van der Waals surface area contributed by atoms with Gasteiger partial charge in [-0.15, -0.1) is 0 Å². The van der Waals surface area contributed by atoms with Crippen LogP contribution >= 0.6 is 11.8 Å². The zero-order valence-electron chi connectivity index (χ0n) is 12.9. The SMILES string of the molecule is CCCNc1cc(Oc2ccc(C)c(C)c2)nc(SC)n1. The molecular formula is C16H21N3OS. The van der Waals surface area contributed by atoms with Crippen LogP contribution in [0.5, 0.6) is 11.6 Å². The molecule has 0 saturated heterocycles. The van der Waals surface area contributed by atoms with Gasteiger partial charge in [0.15, 0.2) is 5.16 Å². The van der Waals surface area contributed by atoms with Crippen LogP contribution in [0, 0.1) is 13.8 Å². The summed E-state index contributed by atoms with van der Waals surface area (Å²) in [5, 5.41) is 3.97. The molecule has 0 aliphatic heterocycles. The van der Waals surface area contributed by atoms with Gasteiger partial charge in [0, 0.05) is 12.6 Å². The van der Waals surface area contributed by atoms with E-state index in [0.717, 1.165) is 24.5 Å². The largest absolute Gasteiger partial charge is 0.439 e. The molecule has 0 bridgehead atoms. The highest BCUT2D eigenvalue weighted by Crippen LogP contribution is 2.25. The van der Waals surface area contributed by atoms with Crippen molar-refractivity contribution < 1.29 is 4.74 Å². The topological polar surface area (TPSA) is 47.0 Å². The third-order valence-corrected chi connectivity index (χ3v) is 3.67. The normalized spacial score (nSPS) is 10.5. The highest BCUT2D eigenvalue weighted by molar-refractivity contribution is 7.98. The van der Waals surface area contributed by atoms with Crippen molar-refractivity contribution in [1.29, 1.82) is 0 Å². The Morgan fingerprint density at radius 1 is 1.14 bits per heavy atom. The molecule has 21 heavy (non-hydrogen) atoms. The van der Waals surface area contributed by atoms with Crippen molar-refractivity contribution in [1.82, 2.24) is 9.97 Å². The lowest BCUT2D eigenvalue weighted by molar-refractivity contribution is 0.455. The van der Waals surface area contributed by atoms with Crippen molar-refractivity contribution in [2.75, 3.05) is 18.1 Å². The molecule has 0 atom stereocenters. The second kappa shape index (κ2) is 7.31. The summed E-state index contributed by atoms with van der Waals surface area (Å²) in [5.41, 5.74) is 2.45. The maximum Gasteiger partial charge on any atom is 0.225 e. The first kappa shape index (κ1) is 15.6. The lowest BCUT2D eigenvalue weighted by Crippen LogP contribution is -2.04. The highest BCUT2D eigenvalue weighted by Gasteiger charge is 2.06. The fourth-order valence-electron chi connectivity index (χ4n) is 1.79. The second-order valence-electron chi connectivity index (χ2n) is 4.85. The lowest BCUT2D eigenvalue weighted by atomic mass is 10.1. The number of hydrogen-bond donors (Lipinski definition) is 1. The molecule has 0 amide bonds. The van der Waals surface area contributed by atoms with Crippen LogP contribution < -0.4 is 10.1 Å². The van der Waals surface area contributed by atoms with Gasteiger partial charge in [-0.25, -0.2) is 4.98 Å². The number of nitrogens with zero attached hydrogens (tertiary/aromatic N) is 2. The quantitative estimate of drug-likeness (QED) is 0.632. The van der Waals surface area contributed by atoms with Crippen LogP contribution in [-0.4, -0.2) is 22.8 Å². The molecule has 1 aromatic heterocycles. The Morgan fingerprint density at radius 2 is 1.95 bits per heavy atom. The molecule has 5 heteroatoms. The van der Waals surface area contributed by atoms with Crippen LogP contribution in [-0.2, 0) is 0 Å². The van der Waals surface area contributed by atoms with E-state index in [4.69, 9.17) is 4.74 Å².